The minimum absolute atomic E-state index is 0.166. The number of hydrogen-bond donors (Lipinski definition) is 1. The average Bonchev–Trinajstić information content (AvgIpc) is 2.31. The van der Waals surface area contributed by atoms with Gasteiger partial charge >= 0.3 is 0 Å². The maximum atomic E-state index is 11.0. The molecule has 0 radical (unpaired) electrons. The zero-order valence-corrected chi connectivity index (χ0v) is 10.5. The molecule has 0 aliphatic heterocycles. The van der Waals surface area contributed by atoms with Gasteiger partial charge < -0.3 is 5.32 Å². The number of Topliss-reactive ketones (excluding diaryl/α,β-unsaturated/α-hetero) is 1. The molecular weight excluding hydrogens is 198 g/mol. The maximum absolute atomic E-state index is 11.0. The standard InChI is InChI=1S/C7H13NO.C7H10/c1-8-6-4-2-3-5-7(6)9;1-7-5-3-2-4-6-7/h6,8H,2-5H2,1H3;3,5-6H,2,4H2,1H3. The first kappa shape index (κ1) is 13.2. The molecule has 2 aliphatic carbocycles. The summed E-state index contributed by atoms with van der Waals surface area (Å²) < 4.78 is 0. The molecule has 0 aromatic heterocycles. The molecule has 2 aliphatic rings. The molecule has 0 amide bonds. The fourth-order valence-electron chi connectivity index (χ4n) is 2.03. The van der Waals surface area contributed by atoms with Crippen LogP contribution in [0.2, 0.25) is 0 Å². The predicted molar refractivity (Wildman–Crippen MR) is 68.5 cm³/mol. The van der Waals surface area contributed by atoms with Crippen molar-refractivity contribution in [2.75, 3.05) is 7.05 Å². The third kappa shape index (κ3) is 4.75. The number of ketones is 1. The van der Waals surface area contributed by atoms with Crippen molar-refractivity contribution in [2.24, 2.45) is 0 Å². The summed E-state index contributed by atoms with van der Waals surface area (Å²) in [5.41, 5.74) is 1.41. The Morgan fingerprint density at radius 1 is 1.31 bits per heavy atom. The van der Waals surface area contributed by atoms with E-state index in [0.717, 1.165) is 19.3 Å². The van der Waals surface area contributed by atoms with Crippen molar-refractivity contribution in [3.05, 3.63) is 23.8 Å². The SMILES string of the molecule is CC1=CCCC=C1.CNC1CCCCC1=O. The van der Waals surface area contributed by atoms with Gasteiger partial charge in [-0.05, 0) is 39.7 Å². The number of carbonyl (C=O) groups excluding carboxylic acids is 1. The molecule has 1 atom stereocenters. The topological polar surface area (TPSA) is 29.1 Å². The van der Waals surface area contributed by atoms with Gasteiger partial charge in [-0.1, -0.05) is 30.2 Å². The molecule has 16 heavy (non-hydrogen) atoms. The van der Waals surface area contributed by atoms with Crippen LogP contribution in [-0.4, -0.2) is 18.9 Å². The van der Waals surface area contributed by atoms with Crippen molar-refractivity contribution < 1.29 is 4.79 Å². The van der Waals surface area contributed by atoms with E-state index in [2.05, 4.69) is 30.5 Å². The van der Waals surface area contributed by atoms with Crippen LogP contribution in [0.15, 0.2) is 23.8 Å². The quantitative estimate of drug-likeness (QED) is 0.737. The van der Waals surface area contributed by atoms with E-state index in [0.29, 0.717) is 5.78 Å². The summed E-state index contributed by atoms with van der Waals surface area (Å²) in [6.07, 6.45) is 13.2. The lowest BCUT2D eigenvalue weighted by molar-refractivity contribution is -0.122. The zero-order chi connectivity index (χ0) is 11.8. The number of hydrogen-bond acceptors (Lipinski definition) is 2. The van der Waals surface area contributed by atoms with Gasteiger partial charge in [-0.2, -0.15) is 0 Å². The Labute approximate surface area is 98.8 Å². The predicted octanol–water partition coefficient (Wildman–Crippen LogP) is 3.00. The van der Waals surface area contributed by atoms with E-state index >= 15 is 0 Å². The van der Waals surface area contributed by atoms with E-state index in [1.807, 2.05) is 7.05 Å². The van der Waals surface area contributed by atoms with Crippen LogP contribution >= 0.6 is 0 Å². The number of allylic oxidation sites excluding steroid dienone is 4. The lowest BCUT2D eigenvalue weighted by atomic mass is 9.94. The van der Waals surface area contributed by atoms with Crippen molar-refractivity contribution >= 4 is 5.78 Å². The second-order valence-electron chi connectivity index (χ2n) is 4.48. The lowest BCUT2D eigenvalue weighted by Crippen LogP contribution is -2.36. The number of carbonyl (C=O) groups is 1. The fraction of sp³-hybridized carbons (Fsp3) is 0.643. The van der Waals surface area contributed by atoms with E-state index in [1.54, 1.807) is 0 Å². The molecular formula is C14H23NO. The van der Waals surface area contributed by atoms with Crippen LogP contribution < -0.4 is 5.32 Å². The van der Waals surface area contributed by atoms with Crippen LogP contribution in [0.25, 0.3) is 0 Å². The highest BCUT2D eigenvalue weighted by molar-refractivity contribution is 5.84. The summed E-state index contributed by atoms with van der Waals surface area (Å²) in [5, 5.41) is 3.00. The van der Waals surface area contributed by atoms with E-state index in [4.69, 9.17) is 0 Å². The van der Waals surface area contributed by atoms with Gasteiger partial charge in [0.2, 0.25) is 0 Å². The molecule has 90 valence electrons. The van der Waals surface area contributed by atoms with Gasteiger partial charge in [0.05, 0.1) is 6.04 Å². The summed E-state index contributed by atoms with van der Waals surface area (Å²) in [7, 11) is 1.86. The third-order valence-electron chi connectivity index (χ3n) is 3.08. The van der Waals surface area contributed by atoms with Gasteiger partial charge in [0.25, 0.3) is 0 Å². The highest BCUT2D eigenvalue weighted by atomic mass is 16.1. The molecule has 1 fully saturated rings. The van der Waals surface area contributed by atoms with Crippen LogP contribution in [0.1, 0.15) is 45.4 Å². The first-order valence-corrected chi connectivity index (χ1v) is 6.27. The lowest BCUT2D eigenvalue weighted by Gasteiger charge is -2.18. The Morgan fingerprint density at radius 3 is 2.50 bits per heavy atom. The van der Waals surface area contributed by atoms with Crippen molar-refractivity contribution in [3.8, 4) is 0 Å². The number of rotatable bonds is 1. The molecule has 1 unspecified atom stereocenters. The van der Waals surface area contributed by atoms with E-state index in [9.17, 15) is 4.79 Å². The van der Waals surface area contributed by atoms with Crippen molar-refractivity contribution in [2.45, 2.75) is 51.5 Å². The molecule has 0 aromatic rings. The van der Waals surface area contributed by atoms with Crippen LogP contribution in [-0.2, 0) is 4.79 Å². The fourth-order valence-corrected chi connectivity index (χ4v) is 2.03. The minimum atomic E-state index is 0.166. The average molecular weight is 221 g/mol. The maximum Gasteiger partial charge on any atom is 0.149 e. The summed E-state index contributed by atoms with van der Waals surface area (Å²) in [6, 6.07) is 0.166. The van der Waals surface area contributed by atoms with Crippen LogP contribution in [0.4, 0.5) is 0 Å². The molecule has 0 bridgehead atoms. The van der Waals surface area contributed by atoms with Gasteiger partial charge in [0.1, 0.15) is 5.78 Å². The highest BCUT2D eigenvalue weighted by Gasteiger charge is 2.19. The second kappa shape index (κ2) is 7.39. The van der Waals surface area contributed by atoms with E-state index in [-0.39, 0.29) is 6.04 Å². The molecule has 1 saturated carbocycles. The Hall–Kier alpha value is -0.890. The molecule has 0 aromatic carbocycles. The minimum Gasteiger partial charge on any atom is -0.311 e. The summed E-state index contributed by atoms with van der Waals surface area (Å²) >= 11 is 0. The molecule has 0 saturated heterocycles. The van der Waals surface area contributed by atoms with Crippen LogP contribution in [0.3, 0.4) is 0 Å². The highest BCUT2D eigenvalue weighted by Crippen LogP contribution is 2.13. The normalized spacial score (nSPS) is 24.5. The Balaban J connectivity index is 0.000000165. The number of nitrogens with one attached hydrogen (secondary N) is 1. The largest absolute Gasteiger partial charge is 0.311 e. The van der Waals surface area contributed by atoms with E-state index < -0.39 is 0 Å². The van der Waals surface area contributed by atoms with Gasteiger partial charge in [-0.15, -0.1) is 0 Å². The molecule has 2 nitrogen and oxygen atoms in total. The Morgan fingerprint density at radius 2 is 2.12 bits per heavy atom. The molecule has 0 heterocycles. The van der Waals surface area contributed by atoms with Crippen LogP contribution in [0.5, 0.6) is 0 Å². The summed E-state index contributed by atoms with van der Waals surface area (Å²) in [4.78, 5) is 11.0. The van der Waals surface area contributed by atoms with Crippen molar-refractivity contribution in [3.63, 3.8) is 0 Å². The van der Waals surface area contributed by atoms with Crippen molar-refractivity contribution in [1.82, 2.24) is 5.32 Å². The number of likely N-dealkylation sites (N-methyl/N-ethyl adjacent to an activating group) is 1. The van der Waals surface area contributed by atoms with Gasteiger partial charge in [0.15, 0.2) is 0 Å². The Kier molecular flexibility index (Phi) is 6.09. The van der Waals surface area contributed by atoms with Gasteiger partial charge in [-0.3, -0.25) is 4.79 Å². The summed E-state index contributed by atoms with van der Waals surface area (Å²) in [5.74, 6) is 0.392. The third-order valence-corrected chi connectivity index (χ3v) is 3.08. The first-order valence-electron chi connectivity index (χ1n) is 6.27. The second-order valence-corrected chi connectivity index (χ2v) is 4.48. The van der Waals surface area contributed by atoms with Crippen molar-refractivity contribution in [1.29, 1.82) is 0 Å². The first-order chi connectivity index (χ1) is 7.74. The van der Waals surface area contributed by atoms with Gasteiger partial charge in [-0.25, -0.2) is 0 Å². The summed E-state index contributed by atoms with van der Waals surface area (Å²) in [6.45, 7) is 2.13. The van der Waals surface area contributed by atoms with Gasteiger partial charge in [0, 0.05) is 6.42 Å². The monoisotopic (exact) mass is 221 g/mol. The van der Waals surface area contributed by atoms with E-state index in [1.165, 1.54) is 24.8 Å². The Bertz CT molecular complexity index is 278. The molecule has 1 N–H and O–H groups in total. The molecule has 2 heteroatoms. The van der Waals surface area contributed by atoms with Crippen LogP contribution in [0, 0.1) is 0 Å². The molecule has 2 rings (SSSR count). The smallest absolute Gasteiger partial charge is 0.149 e. The zero-order valence-electron chi connectivity index (χ0n) is 10.5. The molecule has 0 spiro atoms.